The van der Waals surface area contributed by atoms with Gasteiger partial charge in [-0.15, -0.1) is 0 Å². The summed E-state index contributed by atoms with van der Waals surface area (Å²) in [6.07, 6.45) is 2.60. The summed E-state index contributed by atoms with van der Waals surface area (Å²) in [4.78, 5) is 0. The zero-order chi connectivity index (χ0) is 15.3. The predicted octanol–water partition coefficient (Wildman–Crippen LogP) is 2.67. The fourth-order valence-corrected chi connectivity index (χ4v) is 3.23. The molecule has 0 saturated carbocycles. The normalized spacial score (nSPS) is 11.7. The van der Waals surface area contributed by atoms with Gasteiger partial charge in [0.15, 0.2) is 0 Å². The summed E-state index contributed by atoms with van der Waals surface area (Å²) in [7, 11) is -3.17. The molecule has 0 unspecified atom stereocenters. The number of benzene rings is 1. The summed E-state index contributed by atoms with van der Waals surface area (Å²) < 4.78 is 28.1. The Balaban J connectivity index is 2.03. The van der Waals surface area contributed by atoms with Crippen LogP contribution in [-0.2, 0) is 23.1 Å². The number of hydrogen-bond acceptors (Lipinski definition) is 2. The number of nitrogens with zero attached hydrogens (tertiary/aromatic N) is 1. The maximum Gasteiger partial charge on any atom is 0.211 e. The molecular weight excluding hydrogens is 284 g/mol. The summed E-state index contributed by atoms with van der Waals surface area (Å²) in [5, 5.41) is 0. The fraction of sp³-hybridized carbons (Fsp3) is 0.375. The highest BCUT2D eigenvalue weighted by atomic mass is 32.2. The lowest BCUT2D eigenvalue weighted by molar-refractivity contribution is 0.576. The summed E-state index contributed by atoms with van der Waals surface area (Å²) >= 11 is 0. The van der Waals surface area contributed by atoms with Gasteiger partial charge in [-0.3, -0.25) is 0 Å². The van der Waals surface area contributed by atoms with Crippen molar-refractivity contribution in [2.75, 3.05) is 5.75 Å². The highest BCUT2D eigenvalue weighted by molar-refractivity contribution is 7.89. The van der Waals surface area contributed by atoms with Crippen LogP contribution in [0.2, 0.25) is 0 Å². The summed E-state index contributed by atoms with van der Waals surface area (Å²) in [5.41, 5.74) is 3.41. The molecule has 0 spiro atoms. The Labute approximate surface area is 126 Å². The first-order chi connectivity index (χ1) is 10.00. The van der Waals surface area contributed by atoms with Gasteiger partial charge in [-0.2, -0.15) is 0 Å². The summed E-state index contributed by atoms with van der Waals surface area (Å²) in [6, 6.07) is 12.3. The molecule has 0 radical (unpaired) electrons. The van der Waals surface area contributed by atoms with Crippen LogP contribution in [0.4, 0.5) is 0 Å². The molecule has 0 aliphatic carbocycles. The van der Waals surface area contributed by atoms with Crippen LogP contribution in [0.5, 0.6) is 0 Å². The smallest absolute Gasteiger partial charge is 0.211 e. The number of aryl methyl sites for hydroxylation is 1. The molecule has 0 aliphatic heterocycles. The molecule has 0 atom stereocenters. The Morgan fingerprint density at radius 2 is 1.86 bits per heavy atom. The molecule has 0 aliphatic rings. The zero-order valence-electron chi connectivity index (χ0n) is 12.5. The van der Waals surface area contributed by atoms with E-state index in [0.29, 0.717) is 13.0 Å². The minimum atomic E-state index is -3.17. The average Bonchev–Trinajstić information content (AvgIpc) is 2.86. The van der Waals surface area contributed by atoms with Crippen LogP contribution in [0.3, 0.4) is 0 Å². The van der Waals surface area contributed by atoms with Gasteiger partial charge < -0.3 is 4.57 Å². The molecule has 2 rings (SSSR count). The van der Waals surface area contributed by atoms with Gasteiger partial charge in [0.1, 0.15) is 0 Å². The molecule has 1 aromatic heterocycles. The second kappa shape index (κ2) is 6.91. The number of aromatic nitrogens is 1. The molecule has 4 nitrogen and oxygen atoms in total. The number of sulfonamides is 1. The first kappa shape index (κ1) is 15.8. The van der Waals surface area contributed by atoms with E-state index >= 15 is 0 Å². The van der Waals surface area contributed by atoms with E-state index in [-0.39, 0.29) is 5.75 Å². The van der Waals surface area contributed by atoms with Gasteiger partial charge in [0.05, 0.1) is 12.3 Å². The lowest BCUT2D eigenvalue weighted by Crippen LogP contribution is -2.26. The monoisotopic (exact) mass is 306 g/mol. The van der Waals surface area contributed by atoms with Crippen molar-refractivity contribution in [1.29, 1.82) is 0 Å². The largest absolute Gasteiger partial charge is 0.346 e. The number of nitrogens with one attached hydrogen (secondary N) is 1. The number of rotatable bonds is 7. The van der Waals surface area contributed by atoms with Crippen molar-refractivity contribution in [2.24, 2.45) is 0 Å². The van der Waals surface area contributed by atoms with Gasteiger partial charge in [0.2, 0.25) is 10.0 Å². The first-order valence-electron chi connectivity index (χ1n) is 7.17. The van der Waals surface area contributed by atoms with Gasteiger partial charge in [-0.05, 0) is 31.0 Å². The Morgan fingerprint density at radius 1 is 1.14 bits per heavy atom. The van der Waals surface area contributed by atoms with Crippen molar-refractivity contribution < 1.29 is 8.42 Å². The van der Waals surface area contributed by atoms with Crippen LogP contribution in [-0.4, -0.2) is 18.7 Å². The van der Waals surface area contributed by atoms with Gasteiger partial charge in [0, 0.05) is 18.4 Å². The van der Waals surface area contributed by atoms with E-state index < -0.39 is 10.0 Å². The third-order valence-electron chi connectivity index (χ3n) is 3.34. The van der Waals surface area contributed by atoms with Crippen LogP contribution in [0.1, 0.15) is 30.2 Å². The average molecular weight is 306 g/mol. The highest BCUT2D eigenvalue weighted by Gasteiger charge is 2.10. The maximum absolute atomic E-state index is 11.7. The topological polar surface area (TPSA) is 51.1 Å². The predicted molar refractivity (Wildman–Crippen MR) is 85.6 cm³/mol. The van der Waals surface area contributed by atoms with Crippen molar-refractivity contribution in [1.82, 2.24) is 9.29 Å². The quantitative estimate of drug-likeness (QED) is 0.855. The number of hydrogen-bond donors (Lipinski definition) is 1. The summed E-state index contributed by atoms with van der Waals surface area (Å²) in [6.45, 7) is 5.01. The van der Waals surface area contributed by atoms with Crippen molar-refractivity contribution >= 4 is 10.0 Å². The third-order valence-corrected chi connectivity index (χ3v) is 4.87. The zero-order valence-corrected chi connectivity index (χ0v) is 13.4. The van der Waals surface area contributed by atoms with Gasteiger partial charge in [-0.1, -0.05) is 36.8 Å². The lowest BCUT2D eigenvalue weighted by atomic mass is 10.1. The minimum absolute atomic E-state index is 0.172. The van der Waals surface area contributed by atoms with Gasteiger partial charge in [-0.25, -0.2) is 13.1 Å². The Kier molecular flexibility index (Phi) is 5.20. The molecule has 5 heteroatoms. The second-order valence-electron chi connectivity index (χ2n) is 5.25. The lowest BCUT2D eigenvalue weighted by Gasteiger charge is -2.11. The molecule has 0 fully saturated rings. The van der Waals surface area contributed by atoms with Crippen molar-refractivity contribution in [3.8, 4) is 0 Å². The molecule has 1 heterocycles. The van der Waals surface area contributed by atoms with Crippen LogP contribution in [0, 0.1) is 6.92 Å². The van der Waals surface area contributed by atoms with E-state index in [4.69, 9.17) is 0 Å². The van der Waals surface area contributed by atoms with Crippen molar-refractivity contribution in [2.45, 2.75) is 33.4 Å². The molecule has 1 aromatic carbocycles. The van der Waals surface area contributed by atoms with E-state index in [9.17, 15) is 8.42 Å². The van der Waals surface area contributed by atoms with Crippen molar-refractivity contribution in [3.63, 3.8) is 0 Å². The minimum Gasteiger partial charge on any atom is -0.346 e. The molecule has 114 valence electrons. The highest BCUT2D eigenvalue weighted by Crippen LogP contribution is 2.09. The fourth-order valence-electron chi connectivity index (χ4n) is 2.18. The van der Waals surface area contributed by atoms with E-state index in [1.807, 2.05) is 25.3 Å². The standard InChI is InChI=1S/C16H22N2O2S/c1-3-11-21(19,20)17-12-16-5-4-10-18(16)13-15-8-6-14(2)7-9-15/h4-10,17H,3,11-13H2,1-2H3. The SMILES string of the molecule is CCCS(=O)(=O)NCc1cccn1Cc1ccc(C)cc1. The van der Waals surface area contributed by atoms with E-state index in [0.717, 1.165) is 12.2 Å². The van der Waals surface area contributed by atoms with E-state index in [1.165, 1.54) is 11.1 Å². The summed E-state index contributed by atoms with van der Waals surface area (Å²) in [5.74, 6) is 0.172. The first-order valence-corrected chi connectivity index (χ1v) is 8.82. The molecule has 0 bridgehead atoms. The maximum atomic E-state index is 11.7. The molecule has 0 amide bonds. The van der Waals surface area contributed by atoms with Gasteiger partial charge in [0.25, 0.3) is 0 Å². The van der Waals surface area contributed by atoms with Gasteiger partial charge >= 0.3 is 0 Å². The van der Waals surface area contributed by atoms with Crippen LogP contribution < -0.4 is 4.72 Å². The Bertz CT molecular complexity index is 673. The van der Waals surface area contributed by atoms with Crippen LogP contribution >= 0.6 is 0 Å². The van der Waals surface area contributed by atoms with Crippen LogP contribution in [0.25, 0.3) is 0 Å². The molecule has 21 heavy (non-hydrogen) atoms. The van der Waals surface area contributed by atoms with E-state index in [2.05, 4.69) is 40.5 Å². The van der Waals surface area contributed by atoms with E-state index in [1.54, 1.807) is 0 Å². The van der Waals surface area contributed by atoms with Crippen molar-refractivity contribution in [3.05, 3.63) is 59.4 Å². The molecule has 2 aromatic rings. The Hall–Kier alpha value is -1.59. The molecule has 0 saturated heterocycles. The van der Waals surface area contributed by atoms with Crippen LogP contribution in [0.15, 0.2) is 42.6 Å². The third kappa shape index (κ3) is 4.72. The molecular formula is C16H22N2O2S. The molecule has 1 N–H and O–H groups in total. The Morgan fingerprint density at radius 3 is 2.52 bits per heavy atom. The second-order valence-corrected chi connectivity index (χ2v) is 7.18.